The quantitative estimate of drug-likeness (QED) is 0.901. The van der Waals surface area contributed by atoms with Gasteiger partial charge in [0.1, 0.15) is 11.6 Å². The van der Waals surface area contributed by atoms with Crippen molar-refractivity contribution in [3.63, 3.8) is 0 Å². The van der Waals surface area contributed by atoms with Crippen molar-refractivity contribution in [2.45, 2.75) is 24.7 Å². The third-order valence-corrected chi connectivity index (χ3v) is 4.19. The Hall–Kier alpha value is -2.23. The van der Waals surface area contributed by atoms with Gasteiger partial charge in [-0.15, -0.1) is 0 Å². The lowest BCUT2D eigenvalue weighted by Crippen LogP contribution is -2.36. The van der Waals surface area contributed by atoms with Crippen LogP contribution >= 0.6 is 0 Å². The maximum atomic E-state index is 13.9. The van der Waals surface area contributed by atoms with Crippen LogP contribution in [0.25, 0.3) is 0 Å². The van der Waals surface area contributed by atoms with Crippen molar-refractivity contribution in [3.8, 4) is 0 Å². The largest absolute Gasteiger partial charge is 0.355 e. The first-order valence-corrected chi connectivity index (χ1v) is 7.40. The second-order valence-electron chi connectivity index (χ2n) is 5.69. The summed E-state index contributed by atoms with van der Waals surface area (Å²) in [6, 6.07) is 12.7. The second-order valence-corrected chi connectivity index (χ2v) is 5.69. The Morgan fingerprint density at radius 1 is 1.05 bits per heavy atom. The number of rotatable bonds is 5. The van der Waals surface area contributed by atoms with Gasteiger partial charge in [-0.05, 0) is 43.0 Å². The highest BCUT2D eigenvalue weighted by Gasteiger charge is 2.52. The van der Waals surface area contributed by atoms with Crippen LogP contribution in [0.1, 0.15) is 24.0 Å². The molecule has 1 amide bonds. The van der Waals surface area contributed by atoms with E-state index in [-0.39, 0.29) is 17.5 Å². The molecule has 22 heavy (non-hydrogen) atoms. The Bertz CT molecular complexity index is 678. The summed E-state index contributed by atoms with van der Waals surface area (Å²) >= 11 is 0. The number of nitrogens with one attached hydrogen (secondary N) is 1. The molecule has 2 nitrogen and oxygen atoms in total. The highest BCUT2D eigenvalue weighted by atomic mass is 19.1. The fraction of sp³-hybridized carbons (Fsp3) is 0.278. The molecule has 0 atom stereocenters. The number of carbonyl (C=O) groups excluding carboxylic acids is 1. The number of carbonyl (C=O) groups is 1. The van der Waals surface area contributed by atoms with Gasteiger partial charge < -0.3 is 5.32 Å². The third kappa shape index (κ3) is 2.86. The van der Waals surface area contributed by atoms with E-state index in [1.165, 1.54) is 18.2 Å². The van der Waals surface area contributed by atoms with Crippen LogP contribution in [0, 0.1) is 11.6 Å². The van der Waals surface area contributed by atoms with Crippen LogP contribution in [0.4, 0.5) is 8.78 Å². The summed E-state index contributed by atoms with van der Waals surface area (Å²) in [5, 5.41) is 2.87. The summed E-state index contributed by atoms with van der Waals surface area (Å²) in [4.78, 5) is 12.4. The Morgan fingerprint density at radius 2 is 1.73 bits per heavy atom. The molecule has 1 aliphatic rings. The van der Waals surface area contributed by atoms with Crippen LogP contribution in [0.5, 0.6) is 0 Å². The van der Waals surface area contributed by atoms with Crippen molar-refractivity contribution in [1.82, 2.24) is 5.32 Å². The van der Waals surface area contributed by atoms with Gasteiger partial charge >= 0.3 is 0 Å². The standard InChI is InChI=1S/C18H17F2NO/c19-14-7-5-13(6-8-14)9-12-21-17(22)18(10-11-18)15-3-1-2-4-16(15)20/h1-8H,9-12H2,(H,21,22). The zero-order valence-corrected chi connectivity index (χ0v) is 12.1. The maximum absolute atomic E-state index is 13.9. The molecule has 0 heterocycles. The van der Waals surface area contributed by atoms with Crippen LogP contribution in [-0.4, -0.2) is 12.5 Å². The minimum absolute atomic E-state index is 0.125. The highest BCUT2D eigenvalue weighted by Crippen LogP contribution is 2.49. The SMILES string of the molecule is O=C(NCCc1ccc(F)cc1)C1(c2ccccc2F)CC1. The molecule has 1 fully saturated rings. The van der Waals surface area contributed by atoms with Gasteiger partial charge in [0, 0.05) is 12.1 Å². The molecule has 4 heteroatoms. The van der Waals surface area contributed by atoms with Gasteiger partial charge in [0.15, 0.2) is 0 Å². The van der Waals surface area contributed by atoms with Gasteiger partial charge in [0.2, 0.25) is 5.91 Å². The van der Waals surface area contributed by atoms with E-state index in [1.54, 1.807) is 30.3 Å². The molecule has 2 aromatic carbocycles. The van der Waals surface area contributed by atoms with Crippen molar-refractivity contribution in [2.24, 2.45) is 0 Å². The van der Waals surface area contributed by atoms with E-state index in [0.29, 0.717) is 31.4 Å². The molecular formula is C18H17F2NO. The molecule has 1 N–H and O–H groups in total. The first-order chi connectivity index (χ1) is 10.6. The van der Waals surface area contributed by atoms with E-state index in [1.807, 2.05) is 0 Å². The lowest BCUT2D eigenvalue weighted by molar-refractivity contribution is -0.123. The fourth-order valence-corrected chi connectivity index (χ4v) is 2.73. The van der Waals surface area contributed by atoms with Gasteiger partial charge in [-0.3, -0.25) is 4.79 Å². The molecule has 0 bridgehead atoms. The third-order valence-electron chi connectivity index (χ3n) is 4.19. The monoisotopic (exact) mass is 301 g/mol. The molecule has 0 aliphatic heterocycles. The first-order valence-electron chi connectivity index (χ1n) is 7.40. The summed E-state index contributed by atoms with van der Waals surface area (Å²) in [7, 11) is 0. The van der Waals surface area contributed by atoms with E-state index >= 15 is 0 Å². The molecule has 0 spiro atoms. The predicted octanol–water partition coefficient (Wildman–Crippen LogP) is 3.36. The number of halogens is 2. The Morgan fingerprint density at radius 3 is 2.36 bits per heavy atom. The van der Waals surface area contributed by atoms with Gasteiger partial charge in [-0.2, -0.15) is 0 Å². The molecule has 114 valence electrons. The summed E-state index contributed by atoms with van der Waals surface area (Å²) in [6.07, 6.45) is 1.98. The topological polar surface area (TPSA) is 29.1 Å². The lowest BCUT2D eigenvalue weighted by Gasteiger charge is -2.16. The Balaban J connectivity index is 1.60. The summed E-state index contributed by atoms with van der Waals surface area (Å²) in [5.41, 5.74) is 0.737. The molecule has 2 aromatic rings. The normalized spacial score (nSPS) is 15.4. The zero-order valence-electron chi connectivity index (χ0n) is 12.1. The smallest absolute Gasteiger partial charge is 0.230 e. The van der Waals surface area contributed by atoms with E-state index in [0.717, 1.165) is 5.56 Å². The van der Waals surface area contributed by atoms with Crippen LogP contribution in [0.15, 0.2) is 48.5 Å². The Labute approximate surface area is 128 Å². The minimum Gasteiger partial charge on any atom is -0.355 e. The molecule has 0 saturated heterocycles. The van der Waals surface area contributed by atoms with Crippen molar-refractivity contribution in [1.29, 1.82) is 0 Å². The van der Waals surface area contributed by atoms with E-state index in [9.17, 15) is 13.6 Å². The average Bonchev–Trinajstić information content (AvgIpc) is 3.31. The zero-order chi connectivity index (χ0) is 15.6. The minimum atomic E-state index is -0.700. The second kappa shape index (κ2) is 5.87. The van der Waals surface area contributed by atoms with E-state index < -0.39 is 5.41 Å². The Kier molecular flexibility index (Phi) is 3.92. The summed E-state index contributed by atoms with van der Waals surface area (Å²) in [6.45, 7) is 0.459. The van der Waals surface area contributed by atoms with Crippen molar-refractivity contribution in [2.75, 3.05) is 6.54 Å². The van der Waals surface area contributed by atoms with Crippen molar-refractivity contribution in [3.05, 3.63) is 71.3 Å². The number of hydrogen-bond acceptors (Lipinski definition) is 1. The van der Waals surface area contributed by atoms with Crippen LogP contribution in [-0.2, 0) is 16.6 Å². The number of amides is 1. The molecular weight excluding hydrogens is 284 g/mol. The van der Waals surface area contributed by atoms with Crippen LogP contribution in [0.2, 0.25) is 0 Å². The van der Waals surface area contributed by atoms with E-state index in [2.05, 4.69) is 5.32 Å². The molecule has 0 unspecified atom stereocenters. The fourth-order valence-electron chi connectivity index (χ4n) is 2.73. The van der Waals surface area contributed by atoms with Crippen molar-refractivity contribution < 1.29 is 13.6 Å². The van der Waals surface area contributed by atoms with Crippen LogP contribution in [0.3, 0.4) is 0 Å². The van der Waals surface area contributed by atoms with Crippen molar-refractivity contribution >= 4 is 5.91 Å². The first kappa shape index (κ1) is 14.7. The molecule has 3 rings (SSSR count). The summed E-state index contributed by atoms with van der Waals surface area (Å²) < 4.78 is 26.7. The van der Waals surface area contributed by atoms with Gasteiger partial charge in [-0.1, -0.05) is 30.3 Å². The van der Waals surface area contributed by atoms with Gasteiger partial charge in [0.25, 0.3) is 0 Å². The number of hydrogen-bond donors (Lipinski definition) is 1. The van der Waals surface area contributed by atoms with E-state index in [4.69, 9.17) is 0 Å². The highest BCUT2D eigenvalue weighted by molar-refractivity contribution is 5.91. The average molecular weight is 301 g/mol. The molecule has 1 aliphatic carbocycles. The van der Waals surface area contributed by atoms with Gasteiger partial charge in [-0.25, -0.2) is 8.78 Å². The molecule has 0 aromatic heterocycles. The maximum Gasteiger partial charge on any atom is 0.230 e. The molecule has 1 saturated carbocycles. The lowest BCUT2D eigenvalue weighted by atomic mass is 9.94. The summed E-state index contributed by atoms with van der Waals surface area (Å²) in [5.74, 6) is -0.724. The molecule has 0 radical (unpaired) electrons. The predicted molar refractivity (Wildman–Crippen MR) is 80.4 cm³/mol. The number of benzene rings is 2. The van der Waals surface area contributed by atoms with Crippen LogP contribution < -0.4 is 5.32 Å². The van der Waals surface area contributed by atoms with Gasteiger partial charge in [0.05, 0.1) is 5.41 Å².